The Bertz CT molecular complexity index is 616. The molecule has 0 spiro atoms. The second kappa shape index (κ2) is 6.02. The average Bonchev–Trinajstić information content (AvgIpc) is 2.74. The lowest BCUT2D eigenvalue weighted by Crippen LogP contribution is -2.24. The Morgan fingerprint density at radius 3 is 2.95 bits per heavy atom. The lowest BCUT2D eigenvalue weighted by Gasteiger charge is -2.25. The molecule has 1 saturated heterocycles. The van der Waals surface area contributed by atoms with Crippen molar-refractivity contribution in [3.63, 3.8) is 0 Å². The highest BCUT2D eigenvalue weighted by atomic mass is 16.5. The van der Waals surface area contributed by atoms with E-state index in [9.17, 15) is 0 Å². The summed E-state index contributed by atoms with van der Waals surface area (Å²) in [5, 5.41) is 9.12. The first kappa shape index (κ1) is 14.3. The Kier molecular flexibility index (Phi) is 4.10. The van der Waals surface area contributed by atoms with Crippen molar-refractivity contribution in [2.75, 3.05) is 18.5 Å². The highest BCUT2D eigenvalue weighted by Gasteiger charge is 2.17. The highest BCUT2D eigenvalue weighted by Crippen LogP contribution is 2.23. The predicted octanol–water partition coefficient (Wildman–Crippen LogP) is 2.89. The summed E-state index contributed by atoms with van der Waals surface area (Å²) in [6.07, 6.45) is 5.47. The van der Waals surface area contributed by atoms with Crippen LogP contribution in [0, 0.1) is 12.8 Å². The minimum absolute atomic E-state index is 0.448. The number of nitrogens with one attached hydrogen (secondary N) is 1. The molecule has 3 rings (SSSR count). The molecular weight excluding hydrogens is 264 g/mol. The fraction of sp³-hybridized carbons (Fsp3) is 0.625. The number of nitrogens with zero attached hydrogens (tertiary/aromatic N) is 3. The van der Waals surface area contributed by atoms with Gasteiger partial charge in [0.15, 0.2) is 5.65 Å². The van der Waals surface area contributed by atoms with Crippen LogP contribution in [0.4, 0.5) is 5.69 Å². The monoisotopic (exact) mass is 288 g/mol. The fourth-order valence-corrected chi connectivity index (χ4v) is 3.21. The van der Waals surface area contributed by atoms with E-state index in [-0.39, 0.29) is 0 Å². The van der Waals surface area contributed by atoms with E-state index >= 15 is 0 Å². The third-order valence-corrected chi connectivity index (χ3v) is 4.30. The van der Waals surface area contributed by atoms with Crippen molar-refractivity contribution >= 4 is 16.7 Å². The lowest BCUT2D eigenvalue weighted by atomic mass is 9.93. The van der Waals surface area contributed by atoms with Crippen molar-refractivity contribution in [3.8, 4) is 0 Å². The van der Waals surface area contributed by atoms with E-state index < -0.39 is 0 Å². The van der Waals surface area contributed by atoms with Crippen LogP contribution < -0.4 is 5.32 Å². The van der Waals surface area contributed by atoms with Crippen LogP contribution in [-0.2, 0) is 11.8 Å². The number of aryl methyl sites for hydroxylation is 2. The van der Waals surface area contributed by atoms with Crippen LogP contribution in [0.2, 0.25) is 0 Å². The standard InChI is InChI=1S/C16H24N4O/c1-11(8-13-4-6-21-7-5-13)18-14-9-15-12(2)19-20(3)16(15)17-10-14/h9-11,13,18H,4-8H2,1-3H3/t11-/m0/s1. The van der Waals surface area contributed by atoms with E-state index in [4.69, 9.17) is 4.74 Å². The maximum atomic E-state index is 5.42. The normalized spacial score (nSPS) is 18.0. The van der Waals surface area contributed by atoms with Crippen LogP contribution in [0.1, 0.15) is 31.9 Å². The van der Waals surface area contributed by atoms with Gasteiger partial charge in [0.2, 0.25) is 0 Å². The highest BCUT2D eigenvalue weighted by molar-refractivity contribution is 5.81. The molecule has 2 aromatic rings. The molecule has 1 fully saturated rings. The zero-order valence-corrected chi connectivity index (χ0v) is 13.1. The van der Waals surface area contributed by atoms with Crippen LogP contribution in [-0.4, -0.2) is 34.0 Å². The van der Waals surface area contributed by atoms with Gasteiger partial charge in [-0.05, 0) is 45.1 Å². The summed E-state index contributed by atoms with van der Waals surface area (Å²) in [5.74, 6) is 0.776. The number of anilines is 1. The first-order chi connectivity index (χ1) is 10.1. The smallest absolute Gasteiger partial charge is 0.157 e. The largest absolute Gasteiger partial charge is 0.381 e. The maximum Gasteiger partial charge on any atom is 0.157 e. The summed E-state index contributed by atoms with van der Waals surface area (Å²) in [6.45, 7) is 6.11. The van der Waals surface area contributed by atoms with Gasteiger partial charge in [-0.1, -0.05) is 0 Å². The minimum Gasteiger partial charge on any atom is -0.381 e. The third kappa shape index (κ3) is 3.18. The molecule has 21 heavy (non-hydrogen) atoms. The van der Waals surface area contributed by atoms with E-state index in [1.54, 1.807) is 0 Å². The lowest BCUT2D eigenvalue weighted by molar-refractivity contribution is 0.0629. The molecule has 0 radical (unpaired) electrons. The summed E-state index contributed by atoms with van der Waals surface area (Å²) in [6, 6.07) is 2.61. The maximum absolute atomic E-state index is 5.42. The number of hydrogen-bond acceptors (Lipinski definition) is 4. The number of pyridine rings is 1. The topological polar surface area (TPSA) is 52.0 Å². The summed E-state index contributed by atoms with van der Waals surface area (Å²) < 4.78 is 7.26. The molecule has 1 aliphatic heterocycles. The Balaban J connectivity index is 1.67. The summed E-state index contributed by atoms with van der Waals surface area (Å²) >= 11 is 0. The van der Waals surface area contributed by atoms with Crippen LogP contribution >= 0.6 is 0 Å². The van der Waals surface area contributed by atoms with E-state index in [0.29, 0.717) is 6.04 Å². The van der Waals surface area contributed by atoms with Crippen LogP contribution in [0.5, 0.6) is 0 Å². The van der Waals surface area contributed by atoms with Gasteiger partial charge in [-0.3, -0.25) is 4.68 Å². The molecule has 0 aromatic carbocycles. The third-order valence-electron chi connectivity index (χ3n) is 4.30. The zero-order valence-electron chi connectivity index (χ0n) is 13.1. The first-order valence-corrected chi connectivity index (χ1v) is 7.77. The molecule has 0 amide bonds. The van der Waals surface area contributed by atoms with Gasteiger partial charge < -0.3 is 10.1 Å². The quantitative estimate of drug-likeness (QED) is 0.940. The number of hydrogen-bond donors (Lipinski definition) is 1. The molecule has 1 atom stereocenters. The van der Waals surface area contributed by atoms with Crippen molar-refractivity contribution in [2.45, 2.75) is 39.2 Å². The molecule has 114 valence electrons. The van der Waals surface area contributed by atoms with Gasteiger partial charge in [-0.2, -0.15) is 5.10 Å². The molecule has 1 N–H and O–H groups in total. The van der Waals surface area contributed by atoms with Gasteiger partial charge in [0, 0.05) is 31.7 Å². The molecule has 5 nitrogen and oxygen atoms in total. The molecule has 0 aliphatic carbocycles. The second-order valence-electron chi connectivity index (χ2n) is 6.14. The van der Waals surface area contributed by atoms with E-state index in [2.05, 4.69) is 28.4 Å². The molecule has 5 heteroatoms. The Morgan fingerprint density at radius 2 is 2.19 bits per heavy atom. The Hall–Kier alpha value is -1.62. The van der Waals surface area contributed by atoms with Crippen LogP contribution in [0.15, 0.2) is 12.3 Å². The SMILES string of the molecule is Cc1nn(C)c2ncc(N[C@@H](C)CC3CCOCC3)cc12. The van der Waals surface area contributed by atoms with E-state index in [0.717, 1.165) is 41.5 Å². The molecule has 2 aromatic heterocycles. The van der Waals surface area contributed by atoms with Crippen LogP contribution in [0.3, 0.4) is 0 Å². The molecule has 0 bridgehead atoms. The van der Waals surface area contributed by atoms with Gasteiger partial charge in [0.25, 0.3) is 0 Å². The van der Waals surface area contributed by atoms with Crippen molar-refractivity contribution < 1.29 is 4.74 Å². The molecule has 1 aliphatic rings. The van der Waals surface area contributed by atoms with Gasteiger partial charge in [0.1, 0.15) is 0 Å². The van der Waals surface area contributed by atoms with Crippen LogP contribution in [0.25, 0.3) is 11.0 Å². The molecule has 0 unspecified atom stereocenters. The number of ether oxygens (including phenoxy) is 1. The Morgan fingerprint density at radius 1 is 1.43 bits per heavy atom. The van der Waals surface area contributed by atoms with Gasteiger partial charge in [0.05, 0.1) is 17.6 Å². The molecular formula is C16H24N4O. The molecule has 3 heterocycles. The zero-order chi connectivity index (χ0) is 14.8. The second-order valence-corrected chi connectivity index (χ2v) is 6.14. The van der Waals surface area contributed by atoms with Crippen molar-refractivity contribution in [2.24, 2.45) is 13.0 Å². The molecule has 0 saturated carbocycles. The van der Waals surface area contributed by atoms with Crippen molar-refractivity contribution in [1.29, 1.82) is 0 Å². The van der Waals surface area contributed by atoms with Gasteiger partial charge in [-0.25, -0.2) is 4.98 Å². The Labute approximate surface area is 125 Å². The summed E-state index contributed by atoms with van der Waals surface area (Å²) in [7, 11) is 1.93. The van der Waals surface area contributed by atoms with E-state index in [1.807, 2.05) is 24.9 Å². The fourth-order valence-electron chi connectivity index (χ4n) is 3.21. The number of fused-ring (bicyclic) bond motifs is 1. The van der Waals surface area contributed by atoms with Crippen molar-refractivity contribution in [1.82, 2.24) is 14.8 Å². The number of rotatable bonds is 4. The summed E-state index contributed by atoms with van der Waals surface area (Å²) in [5.41, 5.74) is 3.05. The summed E-state index contributed by atoms with van der Waals surface area (Å²) in [4.78, 5) is 4.52. The van der Waals surface area contributed by atoms with E-state index in [1.165, 1.54) is 19.3 Å². The van der Waals surface area contributed by atoms with Gasteiger partial charge in [-0.15, -0.1) is 0 Å². The first-order valence-electron chi connectivity index (χ1n) is 7.77. The van der Waals surface area contributed by atoms with Gasteiger partial charge >= 0.3 is 0 Å². The minimum atomic E-state index is 0.448. The predicted molar refractivity (Wildman–Crippen MR) is 84.5 cm³/mol. The average molecular weight is 288 g/mol. The van der Waals surface area contributed by atoms with Crippen molar-refractivity contribution in [3.05, 3.63) is 18.0 Å². The number of aromatic nitrogens is 3.